The Morgan fingerprint density at radius 1 is 0.667 bits per heavy atom. The molecular weight excluding hydrogens is 427 g/mol. The molecule has 0 saturated heterocycles. The Morgan fingerprint density at radius 3 is 1.37 bits per heavy atom. The van der Waals surface area contributed by atoms with E-state index in [1.807, 2.05) is 13.8 Å². The number of rotatable bonds is 6. The Labute approximate surface area is 183 Å². The topological polar surface area (TPSA) is 74.8 Å². The number of carbonyl (C=O) groups excluding carboxylic acids is 4. The first kappa shape index (κ1) is 20.8. The number of hydrogen-bond acceptors (Lipinski definition) is 4. The van der Waals surface area contributed by atoms with E-state index < -0.39 is 23.6 Å². The van der Waals surface area contributed by atoms with Crippen LogP contribution in [0.5, 0.6) is 0 Å². The average molecular weight is 447 g/mol. The summed E-state index contributed by atoms with van der Waals surface area (Å²) in [6.07, 6.45) is 2.92. The number of benzene rings is 2. The summed E-state index contributed by atoms with van der Waals surface area (Å²) in [5.74, 6) is -2.01. The van der Waals surface area contributed by atoms with E-state index in [9.17, 15) is 19.2 Å². The molecule has 0 fully saturated rings. The molecule has 0 aliphatic carbocycles. The molecule has 0 spiro atoms. The first-order valence-corrected chi connectivity index (χ1v) is 10.8. The van der Waals surface area contributed by atoms with Gasteiger partial charge in [-0.25, -0.2) is 0 Å². The molecule has 2 aliphatic heterocycles. The van der Waals surface area contributed by atoms with E-state index in [0.717, 1.165) is 22.6 Å². The Morgan fingerprint density at radius 2 is 1.03 bits per heavy atom. The normalized spacial score (nSPS) is 15.6. The van der Waals surface area contributed by atoms with Crippen LogP contribution < -0.4 is 0 Å². The maximum atomic E-state index is 13.1. The lowest BCUT2D eigenvalue weighted by Gasteiger charge is -2.33. The van der Waals surface area contributed by atoms with Crippen molar-refractivity contribution >= 4 is 57.6 Å². The number of amides is 4. The van der Waals surface area contributed by atoms with Gasteiger partial charge in [-0.15, -0.1) is 0 Å². The van der Waals surface area contributed by atoms with Crippen molar-refractivity contribution in [2.45, 2.75) is 39.5 Å². The first-order chi connectivity index (χ1) is 14.3. The second-order valence-electron chi connectivity index (χ2n) is 7.54. The molecule has 0 N–H and O–H groups in total. The highest BCUT2D eigenvalue weighted by Crippen LogP contribution is 2.43. The molecule has 156 valence electrons. The highest BCUT2D eigenvalue weighted by Gasteiger charge is 2.42. The summed E-state index contributed by atoms with van der Waals surface area (Å²) in [6.45, 7) is 4.44. The van der Waals surface area contributed by atoms with Crippen LogP contribution in [-0.2, 0) is 0 Å². The van der Waals surface area contributed by atoms with Crippen molar-refractivity contribution in [1.82, 2.24) is 9.80 Å². The predicted octanol–water partition coefficient (Wildman–Crippen LogP) is 4.94. The van der Waals surface area contributed by atoms with Crippen LogP contribution in [0.4, 0.5) is 0 Å². The number of hydrogen-bond donors (Lipinski definition) is 0. The van der Waals surface area contributed by atoms with Crippen molar-refractivity contribution in [2.24, 2.45) is 0 Å². The highest BCUT2D eigenvalue weighted by molar-refractivity contribution is 6.44. The van der Waals surface area contributed by atoms with Gasteiger partial charge in [-0.1, -0.05) is 49.9 Å². The number of halogens is 2. The van der Waals surface area contributed by atoms with E-state index in [0.29, 0.717) is 12.8 Å². The van der Waals surface area contributed by atoms with Gasteiger partial charge in [0, 0.05) is 23.9 Å². The molecule has 6 nitrogen and oxygen atoms in total. The SMILES string of the molecule is CCCCN1C(=O)c2cc(Cl)c3c4c(cc(Cl)c(c24)C1=O)C(=O)N(CCCC)C3=O. The standard InChI is InChI=1S/C22H20Cl2N2O4/c1-3-5-7-25-19(27)11-9-14(24)18-16-12(10-13(23)17(15(11)16)21(25)29)20(28)26(22(18)30)8-6-4-2/h9-10H,3-8H2,1-2H3. The fraction of sp³-hybridized carbons (Fsp3) is 0.364. The van der Waals surface area contributed by atoms with Crippen LogP contribution in [0.3, 0.4) is 0 Å². The second-order valence-corrected chi connectivity index (χ2v) is 8.36. The Kier molecular flexibility index (Phi) is 5.32. The molecule has 0 bridgehead atoms. The lowest BCUT2D eigenvalue weighted by molar-refractivity contribution is 0.0587. The third kappa shape index (κ3) is 2.85. The van der Waals surface area contributed by atoms with Crippen LogP contribution in [-0.4, -0.2) is 46.5 Å². The number of imide groups is 2. The largest absolute Gasteiger partial charge is 0.274 e. The fourth-order valence-corrected chi connectivity index (χ4v) is 4.68. The second kappa shape index (κ2) is 7.67. The zero-order valence-electron chi connectivity index (χ0n) is 16.7. The van der Waals surface area contributed by atoms with Gasteiger partial charge in [-0.2, -0.15) is 0 Å². The zero-order chi connectivity index (χ0) is 21.7. The van der Waals surface area contributed by atoms with Crippen molar-refractivity contribution in [3.05, 3.63) is 44.4 Å². The third-order valence-corrected chi connectivity index (χ3v) is 6.24. The zero-order valence-corrected chi connectivity index (χ0v) is 18.2. The minimum Gasteiger partial charge on any atom is -0.274 e. The highest BCUT2D eigenvalue weighted by atomic mass is 35.5. The molecule has 4 amide bonds. The molecule has 2 aromatic carbocycles. The van der Waals surface area contributed by atoms with Crippen molar-refractivity contribution in [3.8, 4) is 0 Å². The van der Waals surface area contributed by atoms with Crippen LogP contribution in [0.2, 0.25) is 10.0 Å². The van der Waals surface area contributed by atoms with Crippen molar-refractivity contribution in [2.75, 3.05) is 13.1 Å². The van der Waals surface area contributed by atoms with Gasteiger partial charge in [0.25, 0.3) is 23.6 Å². The van der Waals surface area contributed by atoms with Crippen LogP contribution in [0.15, 0.2) is 12.1 Å². The maximum Gasteiger partial charge on any atom is 0.262 e. The smallest absolute Gasteiger partial charge is 0.262 e. The molecule has 0 aromatic heterocycles. The Bertz CT molecular complexity index is 1050. The lowest BCUT2D eigenvalue weighted by atomic mass is 9.85. The van der Waals surface area contributed by atoms with Crippen LogP contribution in [0.25, 0.3) is 10.8 Å². The lowest BCUT2D eigenvalue weighted by Crippen LogP contribution is -2.44. The van der Waals surface area contributed by atoms with Gasteiger partial charge in [0.05, 0.1) is 32.3 Å². The molecule has 8 heteroatoms. The van der Waals surface area contributed by atoms with E-state index in [1.165, 1.54) is 12.1 Å². The monoisotopic (exact) mass is 446 g/mol. The minimum atomic E-state index is -0.515. The summed E-state index contributed by atoms with van der Waals surface area (Å²) in [4.78, 5) is 54.8. The quantitative estimate of drug-likeness (QED) is 0.588. The predicted molar refractivity (Wildman–Crippen MR) is 115 cm³/mol. The Hall–Kier alpha value is -2.44. The average Bonchev–Trinajstić information content (AvgIpc) is 2.71. The minimum absolute atomic E-state index is 0.0872. The fourth-order valence-electron chi connectivity index (χ4n) is 4.11. The van der Waals surface area contributed by atoms with E-state index in [-0.39, 0.29) is 56.2 Å². The van der Waals surface area contributed by atoms with E-state index in [4.69, 9.17) is 23.2 Å². The van der Waals surface area contributed by atoms with Crippen molar-refractivity contribution < 1.29 is 19.2 Å². The van der Waals surface area contributed by atoms with Crippen LogP contribution in [0, 0.1) is 0 Å². The van der Waals surface area contributed by atoms with Crippen LogP contribution >= 0.6 is 23.2 Å². The van der Waals surface area contributed by atoms with Gasteiger partial charge < -0.3 is 0 Å². The first-order valence-electron chi connectivity index (χ1n) is 10.0. The molecular formula is C22H20Cl2N2O4. The van der Waals surface area contributed by atoms with Gasteiger partial charge in [-0.05, 0) is 25.0 Å². The van der Waals surface area contributed by atoms with Crippen molar-refractivity contribution in [3.63, 3.8) is 0 Å². The maximum absolute atomic E-state index is 13.1. The summed E-state index contributed by atoms with van der Waals surface area (Å²) >= 11 is 12.9. The van der Waals surface area contributed by atoms with E-state index >= 15 is 0 Å². The van der Waals surface area contributed by atoms with Gasteiger partial charge in [0.2, 0.25) is 0 Å². The molecule has 0 atom stereocenters. The molecule has 30 heavy (non-hydrogen) atoms. The molecule has 0 radical (unpaired) electrons. The molecule has 2 heterocycles. The molecule has 2 aliphatic rings. The summed E-state index contributed by atoms with van der Waals surface area (Å²) in [5.41, 5.74) is 0.662. The van der Waals surface area contributed by atoms with Gasteiger partial charge >= 0.3 is 0 Å². The molecule has 4 rings (SSSR count). The van der Waals surface area contributed by atoms with Gasteiger partial charge in [-0.3, -0.25) is 29.0 Å². The Balaban J connectivity index is 2.02. The summed E-state index contributed by atoms with van der Waals surface area (Å²) in [6, 6.07) is 2.84. The molecule has 0 saturated carbocycles. The molecule has 0 unspecified atom stereocenters. The van der Waals surface area contributed by atoms with Gasteiger partial charge in [0.1, 0.15) is 0 Å². The van der Waals surface area contributed by atoms with Crippen molar-refractivity contribution in [1.29, 1.82) is 0 Å². The summed E-state index contributed by atoms with van der Waals surface area (Å²) in [5, 5.41) is 0.668. The van der Waals surface area contributed by atoms with E-state index in [2.05, 4.69) is 0 Å². The summed E-state index contributed by atoms with van der Waals surface area (Å²) < 4.78 is 0. The van der Waals surface area contributed by atoms with Gasteiger partial charge in [0.15, 0.2) is 0 Å². The number of carbonyl (C=O) groups is 4. The number of nitrogens with zero attached hydrogens (tertiary/aromatic N) is 2. The summed E-state index contributed by atoms with van der Waals surface area (Å²) in [7, 11) is 0. The van der Waals surface area contributed by atoms with E-state index in [1.54, 1.807) is 0 Å². The molecule has 2 aromatic rings. The van der Waals surface area contributed by atoms with Crippen LogP contribution in [0.1, 0.15) is 81.0 Å². The number of unbranched alkanes of at least 4 members (excludes halogenated alkanes) is 2. The third-order valence-electron chi connectivity index (χ3n) is 5.65.